The first-order valence-electron chi connectivity index (χ1n) is 6.46. The number of aromatic nitrogens is 1. The monoisotopic (exact) mass is 290 g/mol. The second kappa shape index (κ2) is 5.63. The van der Waals surface area contributed by atoms with Gasteiger partial charge in [-0.25, -0.2) is 0 Å². The molecule has 2 aromatic heterocycles. The van der Waals surface area contributed by atoms with Gasteiger partial charge in [0.15, 0.2) is 5.78 Å². The van der Waals surface area contributed by atoms with E-state index in [1.807, 2.05) is 31.4 Å². The Bertz CT molecular complexity index is 641. The average Bonchev–Trinajstić information content (AvgIpc) is 2.97. The summed E-state index contributed by atoms with van der Waals surface area (Å²) in [5.41, 5.74) is 2.53. The van der Waals surface area contributed by atoms with Crippen LogP contribution >= 0.6 is 11.3 Å². The van der Waals surface area contributed by atoms with Gasteiger partial charge in [0, 0.05) is 16.1 Å². The number of thiophene rings is 1. The number of Topliss-reactive ketones (excluding diaryl/α,β-unsaturated/α-hetero) is 1. The van der Waals surface area contributed by atoms with E-state index in [0.717, 1.165) is 10.6 Å². The van der Waals surface area contributed by atoms with E-state index in [4.69, 9.17) is 0 Å². The summed E-state index contributed by atoms with van der Waals surface area (Å²) in [4.78, 5) is 28.0. The van der Waals surface area contributed by atoms with Gasteiger partial charge in [0.05, 0.1) is 6.04 Å². The zero-order chi connectivity index (χ0) is 14.9. The van der Waals surface area contributed by atoms with Gasteiger partial charge in [-0.1, -0.05) is 6.07 Å². The van der Waals surface area contributed by atoms with Crippen molar-refractivity contribution in [2.45, 2.75) is 33.7 Å². The summed E-state index contributed by atoms with van der Waals surface area (Å²) in [5.74, 6) is -0.208. The SMILES string of the molecule is CC(=O)c1c(C)[nH]c(C(=O)NC(C)c2cccs2)c1C. The molecule has 0 radical (unpaired) electrons. The average molecular weight is 290 g/mol. The largest absolute Gasteiger partial charge is 0.354 e. The van der Waals surface area contributed by atoms with Crippen LogP contribution < -0.4 is 5.32 Å². The summed E-state index contributed by atoms with van der Waals surface area (Å²) < 4.78 is 0. The van der Waals surface area contributed by atoms with Crippen LogP contribution in [0.5, 0.6) is 0 Å². The van der Waals surface area contributed by atoms with E-state index >= 15 is 0 Å². The smallest absolute Gasteiger partial charge is 0.268 e. The van der Waals surface area contributed by atoms with E-state index in [1.54, 1.807) is 18.3 Å². The summed E-state index contributed by atoms with van der Waals surface area (Å²) in [6.45, 7) is 7.06. The van der Waals surface area contributed by atoms with E-state index in [0.29, 0.717) is 16.8 Å². The maximum Gasteiger partial charge on any atom is 0.268 e. The van der Waals surface area contributed by atoms with Crippen molar-refractivity contribution in [1.29, 1.82) is 0 Å². The van der Waals surface area contributed by atoms with E-state index in [9.17, 15) is 9.59 Å². The number of aryl methyl sites for hydroxylation is 1. The summed E-state index contributed by atoms with van der Waals surface area (Å²) in [6.07, 6.45) is 0. The van der Waals surface area contributed by atoms with Crippen molar-refractivity contribution < 1.29 is 9.59 Å². The molecule has 0 saturated heterocycles. The lowest BCUT2D eigenvalue weighted by molar-refractivity contribution is 0.0935. The molecule has 2 rings (SSSR count). The van der Waals surface area contributed by atoms with Crippen LogP contribution in [0.25, 0.3) is 0 Å². The molecule has 1 amide bonds. The lowest BCUT2D eigenvalue weighted by atomic mass is 10.1. The molecule has 2 N–H and O–H groups in total. The van der Waals surface area contributed by atoms with Crippen molar-refractivity contribution in [3.05, 3.63) is 44.9 Å². The lowest BCUT2D eigenvalue weighted by Gasteiger charge is -2.11. The number of hydrogen-bond donors (Lipinski definition) is 2. The molecule has 2 heterocycles. The molecule has 20 heavy (non-hydrogen) atoms. The predicted molar refractivity (Wildman–Crippen MR) is 80.5 cm³/mol. The van der Waals surface area contributed by atoms with Crippen LogP contribution in [0.15, 0.2) is 17.5 Å². The molecule has 0 aliphatic carbocycles. The Morgan fingerprint density at radius 3 is 2.55 bits per heavy atom. The first kappa shape index (κ1) is 14.5. The minimum absolute atomic E-state index is 0.0263. The predicted octanol–water partition coefficient (Wildman–Crippen LogP) is 3.39. The maximum atomic E-state index is 12.3. The fraction of sp³-hybridized carbons (Fsp3) is 0.333. The molecule has 0 saturated carbocycles. The number of H-pyrrole nitrogens is 1. The van der Waals surface area contributed by atoms with Crippen molar-refractivity contribution in [2.24, 2.45) is 0 Å². The summed E-state index contributed by atoms with van der Waals surface area (Å²) >= 11 is 1.61. The highest BCUT2D eigenvalue weighted by atomic mass is 32.1. The molecule has 0 spiro atoms. The normalized spacial score (nSPS) is 12.2. The van der Waals surface area contributed by atoms with Crippen LogP contribution in [0.1, 0.15) is 56.9 Å². The lowest BCUT2D eigenvalue weighted by Crippen LogP contribution is -2.27. The molecule has 5 heteroatoms. The Hall–Kier alpha value is -1.88. The first-order chi connectivity index (χ1) is 9.41. The van der Waals surface area contributed by atoms with Gasteiger partial charge in [0.2, 0.25) is 0 Å². The molecular weight excluding hydrogens is 272 g/mol. The highest BCUT2D eigenvalue weighted by molar-refractivity contribution is 7.10. The number of ketones is 1. The highest BCUT2D eigenvalue weighted by Gasteiger charge is 2.21. The first-order valence-corrected chi connectivity index (χ1v) is 7.34. The number of amides is 1. The minimum atomic E-state index is -0.181. The minimum Gasteiger partial charge on any atom is -0.354 e. The Labute approximate surface area is 122 Å². The van der Waals surface area contributed by atoms with Crippen molar-refractivity contribution in [3.63, 3.8) is 0 Å². The third kappa shape index (κ3) is 2.67. The molecule has 4 nitrogen and oxygen atoms in total. The Morgan fingerprint density at radius 1 is 1.35 bits per heavy atom. The Balaban J connectivity index is 2.22. The van der Waals surface area contributed by atoms with Crippen molar-refractivity contribution >= 4 is 23.0 Å². The van der Waals surface area contributed by atoms with Gasteiger partial charge in [0.1, 0.15) is 5.69 Å². The van der Waals surface area contributed by atoms with Gasteiger partial charge in [-0.15, -0.1) is 11.3 Å². The van der Waals surface area contributed by atoms with Crippen LogP contribution in [0.4, 0.5) is 0 Å². The molecular formula is C15H18N2O2S. The number of aromatic amines is 1. The molecule has 0 aliphatic rings. The van der Waals surface area contributed by atoms with Gasteiger partial charge >= 0.3 is 0 Å². The quantitative estimate of drug-likeness (QED) is 0.848. The number of hydrogen-bond acceptors (Lipinski definition) is 3. The van der Waals surface area contributed by atoms with Crippen molar-refractivity contribution in [2.75, 3.05) is 0 Å². The van der Waals surface area contributed by atoms with Crippen LogP contribution in [0.2, 0.25) is 0 Å². The van der Waals surface area contributed by atoms with Gasteiger partial charge in [-0.2, -0.15) is 0 Å². The van der Waals surface area contributed by atoms with Crippen molar-refractivity contribution in [1.82, 2.24) is 10.3 Å². The second-order valence-electron chi connectivity index (χ2n) is 4.89. The van der Waals surface area contributed by atoms with Gasteiger partial charge in [0.25, 0.3) is 5.91 Å². The van der Waals surface area contributed by atoms with Crippen LogP contribution in [-0.2, 0) is 0 Å². The molecule has 2 aromatic rings. The number of nitrogens with one attached hydrogen (secondary N) is 2. The number of rotatable bonds is 4. The van der Waals surface area contributed by atoms with Crippen molar-refractivity contribution in [3.8, 4) is 0 Å². The van der Waals surface area contributed by atoms with E-state index in [2.05, 4.69) is 10.3 Å². The number of carbonyl (C=O) groups excluding carboxylic acids is 2. The molecule has 0 aliphatic heterocycles. The van der Waals surface area contributed by atoms with Gasteiger partial charge in [-0.05, 0) is 44.7 Å². The summed E-state index contributed by atoms with van der Waals surface area (Å²) in [5, 5.41) is 4.93. The van der Waals surface area contributed by atoms with Gasteiger partial charge in [-0.3, -0.25) is 9.59 Å². The molecule has 0 aromatic carbocycles. The zero-order valence-corrected chi connectivity index (χ0v) is 12.9. The molecule has 1 atom stereocenters. The standard InChI is InChI=1S/C15H18N2O2S/c1-8-13(11(4)18)10(3)16-14(8)15(19)17-9(2)12-6-5-7-20-12/h5-7,9,16H,1-4H3,(H,17,19). The Kier molecular flexibility index (Phi) is 4.09. The highest BCUT2D eigenvalue weighted by Crippen LogP contribution is 2.21. The van der Waals surface area contributed by atoms with Gasteiger partial charge < -0.3 is 10.3 Å². The van der Waals surface area contributed by atoms with E-state index in [1.165, 1.54) is 6.92 Å². The third-order valence-electron chi connectivity index (χ3n) is 3.33. The van der Waals surface area contributed by atoms with Crippen LogP contribution in [0.3, 0.4) is 0 Å². The van der Waals surface area contributed by atoms with Crippen LogP contribution in [0, 0.1) is 13.8 Å². The second-order valence-corrected chi connectivity index (χ2v) is 5.87. The maximum absolute atomic E-state index is 12.3. The fourth-order valence-corrected chi connectivity index (χ4v) is 3.12. The summed E-state index contributed by atoms with van der Waals surface area (Å²) in [6, 6.07) is 3.90. The molecule has 0 bridgehead atoms. The third-order valence-corrected chi connectivity index (χ3v) is 4.39. The van der Waals surface area contributed by atoms with Crippen LogP contribution in [-0.4, -0.2) is 16.7 Å². The zero-order valence-electron chi connectivity index (χ0n) is 12.0. The summed E-state index contributed by atoms with van der Waals surface area (Å²) in [7, 11) is 0. The number of carbonyl (C=O) groups is 2. The molecule has 0 fully saturated rings. The van der Waals surface area contributed by atoms with E-state index in [-0.39, 0.29) is 17.7 Å². The van der Waals surface area contributed by atoms with E-state index < -0.39 is 0 Å². The molecule has 1 unspecified atom stereocenters. The topological polar surface area (TPSA) is 62.0 Å². The molecule has 106 valence electrons. The Morgan fingerprint density at radius 2 is 2.05 bits per heavy atom. The fourth-order valence-electron chi connectivity index (χ4n) is 2.38.